The van der Waals surface area contributed by atoms with Gasteiger partial charge in [0, 0.05) is 25.4 Å². The maximum absolute atomic E-state index is 12.8. The molecule has 1 aliphatic rings. The number of benzene rings is 1. The van der Waals surface area contributed by atoms with Crippen molar-refractivity contribution in [3.05, 3.63) is 35.4 Å². The van der Waals surface area contributed by atoms with E-state index in [2.05, 4.69) is 0 Å². The number of carboxylic acids is 1. The SMILES string of the molecule is C[C@@H](Cc1cccc(C(F)(F)F)c1)C(=O)N1CCC[C@H](CCC(=O)O)C1. The summed E-state index contributed by atoms with van der Waals surface area (Å²) in [5, 5.41) is 8.79. The molecule has 1 amide bonds. The number of hydrogen-bond acceptors (Lipinski definition) is 2. The summed E-state index contributed by atoms with van der Waals surface area (Å²) in [5.74, 6) is -1.17. The Labute approximate surface area is 151 Å². The maximum atomic E-state index is 12.8. The number of rotatable bonds is 6. The number of nitrogens with zero attached hydrogens (tertiary/aromatic N) is 1. The highest BCUT2D eigenvalue weighted by molar-refractivity contribution is 5.79. The number of hydrogen-bond donors (Lipinski definition) is 1. The minimum atomic E-state index is -4.40. The first-order valence-corrected chi connectivity index (χ1v) is 8.83. The van der Waals surface area contributed by atoms with Crippen molar-refractivity contribution in [3.8, 4) is 0 Å². The van der Waals surface area contributed by atoms with Crippen LogP contribution in [0.1, 0.15) is 43.7 Å². The Morgan fingerprint density at radius 1 is 1.35 bits per heavy atom. The molecule has 4 nitrogen and oxygen atoms in total. The van der Waals surface area contributed by atoms with Gasteiger partial charge >= 0.3 is 12.1 Å². The molecule has 0 spiro atoms. The van der Waals surface area contributed by atoms with Crippen molar-refractivity contribution in [2.45, 2.75) is 45.2 Å². The first-order chi connectivity index (χ1) is 12.2. The zero-order valence-electron chi connectivity index (χ0n) is 14.8. The Hall–Kier alpha value is -2.05. The third kappa shape index (κ3) is 5.75. The fourth-order valence-corrected chi connectivity index (χ4v) is 3.46. The lowest BCUT2D eigenvalue weighted by molar-refractivity contribution is -0.138. The molecule has 0 unspecified atom stereocenters. The minimum Gasteiger partial charge on any atom is -0.481 e. The zero-order chi connectivity index (χ0) is 19.3. The Morgan fingerprint density at radius 2 is 2.08 bits per heavy atom. The maximum Gasteiger partial charge on any atom is 0.416 e. The van der Waals surface area contributed by atoms with Gasteiger partial charge < -0.3 is 10.0 Å². The Bertz CT molecular complexity index is 645. The van der Waals surface area contributed by atoms with E-state index in [9.17, 15) is 22.8 Å². The molecule has 1 aliphatic heterocycles. The van der Waals surface area contributed by atoms with E-state index in [1.807, 2.05) is 0 Å². The van der Waals surface area contributed by atoms with Crippen LogP contribution >= 0.6 is 0 Å². The van der Waals surface area contributed by atoms with Gasteiger partial charge in [-0.1, -0.05) is 25.1 Å². The normalized spacial score (nSPS) is 19.2. The summed E-state index contributed by atoms with van der Waals surface area (Å²) in [5.41, 5.74) is -0.221. The lowest BCUT2D eigenvalue weighted by Crippen LogP contribution is -2.43. The van der Waals surface area contributed by atoms with Gasteiger partial charge in [-0.05, 0) is 43.2 Å². The molecular weight excluding hydrogens is 347 g/mol. The fraction of sp³-hybridized carbons (Fsp3) is 0.579. The van der Waals surface area contributed by atoms with Crippen LogP contribution < -0.4 is 0 Å². The quantitative estimate of drug-likeness (QED) is 0.823. The van der Waals surface area contributed by atoms with Gasteiger partial charge in [0.25, 0.3) is 0 Å². The van der Waals surface area contributed by atoms with E-state index in [1.54, 1.807) is 17.9 Å². The van der Waals surface area contributed by atoms with Crippen LogP contribution in [0.15, 0.2) is 24.3 Å². The van der Waals surface area contributed by atoms with Gasteiger partial charge in [0.2, 0.25) is 5.91 Å². The summed E-state index contributed by atoms with van der Waals surface area (Å²) in [4.78, 5) is 25.1. The number of carbonyl (C=O) groups excluding carboxylic acids is 1. The first-order valence-electron chi connectivity index (χ1n) is 8.83. The van der Waals surface area contributed by atoms with E-state index in [0.29, 0.717) is 25.1 Å². The number of piperidine rings is 1. The van der Waals surface area contributed by atoms with Crippen LogP contribution in [0, 0.1) is 11.8 Å². The molecule has 1 aromatic rings. The van der Waals surface area contributed by atoms with E-state index in [1.165, 1.54) is 6.07 Å². The lowest BCUT2D eigenvalue weighted by atomic mass is 9.91. The molecular formula is C19H24F3NO3. The van der Waals surface area contributed by atoms with Crippen LogP contribution in [0.25, 0.3) is 0 Å². The first kappa shape index (κ1) is 20.3. The lowest BCUT2D eigenvalue weighted by Gasteiger charge is -2.34. The van der Waals surface area contributed by atoms with Gasteiger partial charge in [0.15, 0.2) is 0 Å². The summed E-state index contributed by atoms with van der Waals surface area (Å²) < 4.78 is 38.4. The van der Waals surface area contributed by atoms with Crippen molar-refractivity contribution in [3.63, 3.8) is 0 Å². The predicted molar refractivity (Wildman–Crippen MR) is 90.5 cm³/mol. The topological polar surface area (TPSA) is 57.6 Å². The van der Waals surface area contributed by atoms with Crippen molar-refractivity contribution in [1.82, 2.24) is 4.90 Å². The summed E-state index contributed by atoms with van der Waals surface area (Å²) >= 11 is 0. The van der Waals surface area contributed by atoms with Crippen LogP contribution in [0.3, 0.4) is 0 Å². The highest BCUT2D eigenvalue weighted by Gasteiger charge is 2.31. The number of halogens is 3. The molecule has 1 heterocycles. The standard InChI is InChI=1S/C19H24F3NO3/c1-13(10-15-4-2-6-16(11-15)19(20,21)22)18(26)23-9-3-5-14(12-23)7-8-17(24)25/h2,4,6,11,13-14H,3,5,7-10,12H2,1H3,(H,24,25)/t13-,14+/m0/s1. The molecule has 1 N–H and O–H groups in total. The van der Waals surface area contributed by atoms with E-state index < -0.39 is 23.6 Å². The average Bonchev–Trinajstić information content (AvgIpc) is 2.59. The summed E-state index contributed by atoms with van der Waals surface area (Å²) in [6.07, 6.45) is -1.79. The minimum absolute atomic E-state index is 0.0811. The van der Waals surface area contributed by atoms with E-state index >= 15 is 0 Å². The molecule has 1 aromatic carbocycles. The molecule has 0 aromatic heterocycles. The van der Waals surface area contributed by atoms with E-state index in [0.717, 1.165) is 25.0 Å². The zero-order valence-corrected chi connectivity index (χ0v) is 14.8. The molecule has 2 atom stereocenters. The summed E-state index contributed by atoms with van der Waals surface area (Å²) in [7, 11) is 0. The van der Waals surface area contributed by atoms with Crippen LogP contribution in [0.2, 0.25) is 0 Å². The number of alkyl halides is 3. The molecule has 26 heavy (non-hydrogen) atoms. The van der Waals surface area contributed by atoms with E-state index in [-0.39, 0.29) is 24.7 Å². The number of carbonyl (C=O) groups is 2. The van der Waals surface area contributed by atoms with Gasteiger partial charge in [-0.3, -0.25) is 9.59 Å². The van der Waals surface area contributed by atoms with Gasteiger partial charge in [-0.25, -0.2) is 0 Å². The summed E-state index contributed by atoms with van der Waals surface area (Å²) in [6.45, 7) is 2.87. The molecule has 1 saturated heterocycles. The number of likely N-dealkylation sites (tertiary alicyclic amines) is 1. The van der Waals surface area contributed by atoms with Crippen molar-refractivity contribution in [2.75, 3.05) is 13.1 Å². The molecule has 7 heteroatoms. The second-order valence-corrected chi connectivity index (χ2v) is 7.03. The predicted octanol–water partition coefficient (Wildman–Crippen LogP) is 3.99. The Balaban J connectivity index is 1.95. The molecule has 0 radical (unpaired) electrons. The molecule has 0 bridgehead atoms. The number of amides is 1. The largest absolute Gasteiger partial charge is 0.481 e. The monoisotopic (exact) mass is 371 g/mol. The highest BCUT2D eigenvalue weighted by atomic mass is 19.4. The van der Waals surface area contributed by atoms with Crippen molar-refractivity contribution >= 4 is 11.9 Å². The van der Waals surface area contributed by atoms with Crippen molar-refractivity contribution in [2.24, 2.45) is 11.8 Å². The highest BCUT2D eigenvalue weighted by Crippen LogP contribution is 2.30. The third-order valence-corrected chi connectivity index (χ3v) is 4.81. The molecule has 144 valence electrons. The van der Waals surface area contributed by atoms with Crippen LogP contribution in [0.4, 0.5) is 13.2 Å². The Morgan fingerprint density at radius 3 is 2.73 bits per heavy atom. The Kier molecular flexibility index (Phi) is 6.67. The van der Waals surface area contributed by atoms with E-state index in [4.69, 9.17) is 5.11 Å². The fourth-order valence-electron chi connectivity index (χ4n) is 3.46. The van der Waals surface area contributed by atoms with Crippen LogP contribution in [-0.2, 0) is 22.2 Å². The van der Waals surface area contributed by atoms with Gasteiger partial charge in [-0.2, -0.15) is 13.2 Å². The average molecular weight is 371 g/mol. The molecule has 2 rings (SSSR count). The van der Waals surface area contributed by atoms with Crippen LogP contribution in [-0.4, -0.2) is 35.0 Å². The molecule has 0 saturated carbocycles. The van der Waals surface area contributed by atoms with Gasteiger partial charge in [0.1, 0.15) is 0 Å². The van der Waals surface area contributed by atoms with Crippen LogP contribution in [0.5, 0.6) is 0 Å². The van der Waals surface area contributed by atoms with Crippen molar-refractivity contribution in [1.29, 1.82) is 0 Å². The molecule has 0 aliphatic carbocycles. The van der Waals surface area contributed by atoms with Crippen molar-refractivity contribution < 1.29 is 27.9 Å². The smallest absolute Gasteiger partial charge is 0.416 e. The summed E-state index contributed by atoms with van der Waals surface area (Å²) in [6, 6.07) is 5.08. The second-order valence-electron chi connectivity index (χ2n) is 7.03. The molecule has 1 fully saturated rings. The van der Waals surface area contributed by atoms with Gasteiger partial charge in [0.05, 0.1) is 5.56 Å². The second kappa shape index (κ2) is 8.56. The number of carboxylic acid groups (broad SMARTS) is 1. The third-order valence-electron chi connectivity index (χ3n) is 4.81. The van der Waals surface area contributed by atoms with Gasteiger partial charge in [-0.15, -0.1) is 0 Å². The number of aliphatic carboxylic acids is 1.